The van der Waals surface area contributed by atoms with E-state index in [-0.39, 0.29) is 0 Å². The predicted molar refractivity (Wildman–Crippen MR) is 68.4 cm³/mol. The van der Waals surface area contributed by atoms with E-state index in [1.807, 2.05) is 0 Å². The monoisotopic (exact) mass is 225 g/mol. The lowest BCUT2D eigenvalue weighted by molar-refractivity contribution is -0.132. The fourth-order valence-corrected chi connectivity index (χ4v) is 1.84. The van der Waals surface area contributed by atoms with Crippen LogP contribution in [-0.4, -0.2) is 23.9 Å². The van der Waals surface area contributed by atoms with Crippen molar-refractivity contribution in [1.29, 1.82) is 0 Å². The predicted octanol–water partition coefficient (Wildman–Crippen LogP) is 3.61. The third-order valence-corrected chi connectivity index (χ3v) is 3.37. The zero-order valence-electron chi connectivity index (χ0n) is 11.0. The molecule has 0 aromatic carbocycles. The van der Waals surface area contributed by atoms with E-state index in [0.29, 0.717) is 5.91 Å². The Kier molecular flexibility index (Phi) is 6.51. The molecule has 0 radical (unpaired) electrons. The van der Waals surface area contributed by atoms with Gasteiger partial charge in [0.05, 0.1) is 0 Å². The summed E-state index contributed by atoms with van der Waals surface area (Å²) in [6.45, 7) is 6.40. The largest absolute Gasteiger partial charge is 0.343 e. The molecule has 0 unspecified atom stereocenters. The summed E-state index contributed by atoms with van der Waals surface area (Å²) in [5.74, 6) is 1.16. The van der Waals surface area contributed by atoms with Crippen molar-refractivity contribution in [2.24, 2.45) is 5.92 Å². The highest BCUT2D eigenvalue weighted by molar-refractivity contribution is 5.76. The summed E-state index contributed by atoms with van der Waals surface area (Å²) in [5, 5.41) is 0. The molecule has 2 nitrogen and oxygen atoms in total. The molecule has 0 aromatic rings. The van der Waals surface area contributed by atoms with E-state index in [1.54, 1.807) is 0 Å². The molecule has 1 amide bonds. The number of carbonyl (C=O) groups is 1. The van der Waals surface area contributed by atoms with Gasteiger partial charge >= 0.3 is 0 Å². The number of unbranched alkanes of at least 4 members (excludes halogenated alkanes) is 1. The van der Waals surface area contributed by atoms with E-state index in [0.717, 1.165) is 25.4 Å². The highest BCUT2D eigenvalue weighted by Crippen LogP contribution is 2.33. The van der Waals surface area contributed by atoms with Crippen LogP contribution in [0.5, 0.6) is 0 Å². The molecule has 2 aliphatic rings. The summed E-state index contributed by atoms with van der Waals surface area (Å²) >= 11 is 0. The summed E-state index contributed by atoms with van der Waals surface area (Å²) in [5.41, 5.74) is 0. The van der Waals surface area contributed by atoms with Crippen LogP contribution in [0.25, 0.3) is 0 Å². The van der Waals surface area contributed by atoms with Crippen LogP contribution in [0.1, 0.15) is 65.2 Å². The molecule has 1 aliphatic carbocycles. The van der Waals surface area contributed by atoms with Gasteiger partial charge in [-0.25, -0.2) is 0 Å². The second-order valence-corrected chi connectivity index (χ2v) is 5.09. The lowest BCUT2D eigenvalue weighted by Crippen LogP contribution is -2.35. The first kappa shape index (κ1) is 13.5. The number of rotatable bonds is 3. The zero-order chi connectivity index (χ0) is 11.8. The Morgan fingerprint density at radius 3 is 2.06 bits per heavy atom. The van der Waals surface area contributed by atoms with Crippen LogP contribution in [0, 0.1) is 5.92 Å². The number of nitrogens with zero attached hydrogens (tertiary/aromatic N) is 1. The van der Waals surface area contributed by atoms with Crippen LogP contribution in [0.2, 0.25) is 0 Å². The Morgan fingerprint density at radius 2 is 1.62 bits per heavy atom. The van der Waals surface area contributed by atoms with Crippen molar-refractivity contribution in [3.05, 3.63) is 0 Å². The molecule has 16 heavy (non-hydrogen) atoms. The van der Waals surface area contributed by atoms with Gasteiger partial charge in [-0.05, 0) is 38.0 Å². The van der Waals surface area contributed by atoms with E-state index in [9.17, 15) is 4.79 Å². The number of amides is 1. The van der Waals surface area contributed by atoms with Gasteiger partial charge in [0.1, 0.15) is 0 Å². The van der Waals surface area contributed by atoms with Gasteiger partial charge in [-0.3, -0.25) is 4.79 Å². The van der Waals surface area contributed by atoms with E-state index in [1.165, 1.54) is 44.9 Å². The average molecular weight is 225 g/mol. The number of hydrogen-bond acceptors (Lipinski definition) is 1. The van der Waals surface area contributed by atoms with Crippen molar-refractivity contribution in [2.45, 2.75) is 65.2 Å². The molecule has 2 fully saturated rings. The first-order chi connectivity index (χ1) is 7.77. The second kappa shape index (κ2) is 7.70. The normalized spacial score (nSPS) is 20.0. The fraction of sp³-hybridized carbons (Fsp3) is 0.929. The van der Waals surface area contributed by atoms with Gasteiger partial charge in [-0.1, -0.05) is 26.7 Å². The minimum absolute atomic E-state index is 0.414. The van der Waals surface area contributed by atoms with E-state index in [2.05, 4.69) is 18.7 Å². The van der Waals surface area contributed by atoms with Crippen molar-refractivity contribution in [2.75, 3.05) is 13.1 Å². The van der Waals surface area contributed by atoms with Crippen LogP contribution in [-0.2, 0) is 4.79 Å². The maximum absolute atomic E-state index is 11.6. The molecule has 1 saturated carbocycles. The highest BCUT2D eigenvalue weighted by atomic mass is 16.2. The van der Waals surface area contributed by atoms with Crippen molar-refractivity contribution in [3.63, 3.8) is 0 Å². The van der Waals surface area contributed by atoms with E-state index >= 15 is 0 Å². The van der Waals surface area contributed by atoms with Gasteiger partial charge < -0.3 is 4.90 Å². The standard InChI is InChI=1S/C10H17NO.C4H10/c12-10(8-9-4-5-9)11-6-2-1-3-7-11;1-3-4-2/h9H,1-8H2;3-4H2,1-2H3. The third kappa shape index (κ3) is 5.53. The maximum atomic E-state index is 11.6. The van der Waals surface area contributed by atoms with Gasteiger partial charge in [-0.15, -0.1) is 0 Å². The topological polar surface area (TPSA) is 20.3 Å². The Hall–Kier alpha value is -0.530. The molecule has 94 valence electrons. The third-order valence-electron chi connectivity index (χ3n) is 3.37. The van der Waals surface area contributed by atoms with E-state index < -0.39 is 0 Å². The minimum atomic E-state index is 0.414. The molecule has 0 spiro atoms. The second-order valence-electron chi connectivity index (χ2n) is 5.09. The highest BCUT2D eigenvalue weighted by Gasteiger charge is 2.27. The quantitative estimate of drug-likeness (QED) is 0.718. The maximum Gasteiger partial charge on any atom is 0.222 e. The van der Waals surface area contributed by atoms with Crippen LogP contribution in [0.3, 0.4) is 0 Å². The lowest BCUT2D eigenvalue weighted by atomic mass is 10.1. The van der Waals surface area contributed by atoms with Crippen molar-refractivity contribution in [1.82, 2.24) is 4.90 Å². The molecule has 1 heterocycles. The molecule has 0 aromatic heterocycles. The Balaban J connectivity index is 0.000000280. The van der Waals surface area contributed by atoms with Crippen LogP contribution < -0.4 is 0 Å². The average Bonchev–Trinajstić information content (AvgIpc) is 3.14. The lowest BCUT2D eigenvalue weighted by Gasteiger charge is -2.26. The Labute approximate surface area is 100 Å². The SMILES string of the molecule is CCCC.O=C(CC1CC1)N1CCCCC1. The summed E-state index contributed by atoms with van der Waals surface area (Å²) in [6.07, 6.45) is 9.80. The minimum Gasteiger partial charge on any atom is -0.343 e. The molecular formula is C14H27NO. The Bertz CT molecular complexity index is 191. The Morgan fingerprint density at radius 1 is 1.06 bits per heavy atom. The van der Waals surface area contributed by atoms with Crippen molar-refractivity contribution >= 4 is 5.91 Å². The molecule has 1 saturated heterocycles. The van der Waals surface area contributed by atoms with Crippen molar-refractivity contribution in [3.8, 4) is 0 Å². The van der Waals surface area contributed by atoms with E-state index in [4.69, 9.17) is 0 Å². The first-order valence-electron chi connectivity index (χ1n) is 7.05. The molecule has 2 rings (SSSR count). The van der Waals surface area contributed by atoms with Gasteiger partial charge in [0.25, 0.3) is 0 Å². The van der Waals surface area contributed by atoms with Gasteiger partial charge in [0.2, 0.25) is 5.91 Å². The molecule has 0 atom stereocenters. The molecule has 1 aliphatic heterocycles. The smallest absolute Gasteiger partial charge is 0.222 e. The summed E-state index contributed by atoms with van der Waals surface area (Å²) in [4.78, 5) is 13.6. The van der Waals surface area contributed by atoms with Gasteiger partial charge in [0, 0.05) is 19.5 Å². The summed E-state index contributed by atoms with van der Waals surface area (Å²) < 4.78 is 0. The number of hydrogen-bond donors (Lipinski definition) is 0. The molecular weight excluding hydrogens is 198 g/mol. The van der Waals surface area contributed by atoms with Crippen LogP contribution in [0.4, 0.5) is 0 Å². The van der Waals surface area contributed by atoms with Gasteiger partial charge in [-0.2, -0.15) is 0 Å². The summed E-state index contributed by atoms with van der Waals surface area (Å²) in [6, 6.07) is 0. The molecule has 2 heteroatoms. The van der Waals surface area contributed by atoms with Crippen LogP contribution >= 0.6 is 0 Å². The van der Waals surface area contributed by atoms with Crippen molar-refractivity contribution < 1.29 is 4.79 Å². The number of carbonyl (C=O) groups excluding carboxylic acids is 1. The fourth-order valence-electron chi connectivity index (χ4n) is 1.84. The van der Waals surface area contributed by atoms with Crippen LogP contribution in [0.15, 0.2) is 0 Å². The van der Waals surface area contributed by atoms with Gasteiger partial charge in [0.15, 0.2) is 0 Å². The zero-order valence-corrected chi connectivity index (χ0v) is 11.0. The summed E-state index contributed by atoms with van der Waals surface area (Å²) in [7, 11) is 0. The number of piperidine rings is 1. The molecule has 0 bridgehead atoms. The number of likely N-dealkylation sites (tertiary alicyclic amines) is 1. The first-order valence-corrected chi connectivity index (χ1v) is 7.05. The molecule has 0 N–H and O–H groups in total.